The summed E-state index contributed by atoms with van der Waals surface area (Å²) in [7, 11) is 0. The monoisotopic (exact) mass is 450 g/mol. The van der Waals surface area contributed by atoms with Crippen molar-refractivity contribution in [3.05, 3.63) is 63.2 Å². The number of carbonyl (C=O) groups excluding carboxylic acids is 2. The van der Waals surface area contributed by atoms with E-state index in [4.69, 9.17) is 0 Å². The molecule has 0 aromatic heterocycles. The van der Waals surface area contributed by atoms with E-state index in [0.29, 0.717) is 37.1 Å². The van der Waals surface area contributed by atoms with Crippen molar-refractivity contribution in [3.8, 4) is 5.75 Å². The number of rotatable bonds is 3. The van der Waals surface area contributed by atoms with E-state index in [-0.39, 0.29) is 23.6 Å². The van der Waals surface area contributed by atoms with Crippen LogP contribution in [0, 0.1) is 3.57 Å². The van der Waals surface area contributed by atoms with Crippen LogP contribution in [0.4, 0.5) is 0 Å². The second-order valence-electron chi connectivity index (χ2n) is 6.04. The van der Waals surface area contributed by atoms with Crippen molar-refractivity contribution < 1.29 is 14.7 Å². The van der Waals surface area contributed by atoms with Crippen molar-refractivity contribution in [2.24, 2.45) is 0 Å². The van der Waals surface area contributed by atoms with Crippen LogP contribution >= 0.6 is 22.6 Å². The maximum absolute atomic E-state index is 12.5. The van der Waals surface area contributed by atoms with Crippen molar-refractivity contribution in [1.82, 2.24) is 10.2 Å². The van der Waals surface area contributed by atoms with Gasteiger partial charge < -0.3 is 15.3 Å². The van der Waals surface area contributed by atoms with E-state index in [9.17, 15) is 14.7 Å². The van der Waals surface area contributed by atoms with E-state index in [2.05, 4.69) is 27.9 Å². The minimum Gasteiger partial charge on any atom is -0.507 e. The second kappa shape index (κ2) is 7.86. The zero-order chi connectivity index (χ0) is 17.8. The molecule has 1 aliphatic heterocycles. The first-order chi connectivity index (χ1) is 12.1. The minimum atomic E-state index is -0.166. The highest BCUT2D eigenvalue weighted by Gasteiger charge is 2.26. The van der Waals surface area contributed by atoms with Crippen molar-refractivity contribution in [3.63, 3.8) is 0 Å². The fourth-order valence-corrected chi connectivity index (χ4v) is 3.59. The van der Waals surface area contributed by atoms with E-state index >= 15 is 0 Å². The van der Waals surface area contributed by atoms with Crippen LogP contribution in [-0.2, 0) is 0 Å². The van der Waals surface area contributed by atoms with E-state index in [0.717, 1.165) is 3.57 Å². The molecule has 2 aromatic carbocycles. The fourth-order valence-electron chi connectivity index (χ4n) is 2.96. The van der Waals surface area contributed by atoms with E-state index in [1.165, 1.54) is 6.07 Å². The Morgan fingerprint density at radius 2 is 1.60 bits per heavy atom. The van der Waals surface area contributed by atoms with Gasteiger partial charge in [-0.05, 0) is 59.7 Å². The van der Waals surface area contributed by atoms with Gasteiger partial charge in [-0.1, -0.05) is 24.3 Å². The molecule has 2 aromatic rings. The highest BCUT2D eigenvalue weighted by atomic mass is 127. The van der Waals surface area contributed by atoms with Crippen molar-refractivity contribution in [1.29, 1.82) is 0 Å². The molecule has 130 valence electrons. The molecule has 5 nitrogen and oxygen atoms in total. The molecule has 0 aliphatic carbocycles. The van der Waals surface area contributed by atoms with Gasteiger partial charge in [0.1, 0.15) is 5.75 Å². The third kappa shape index (κ3) is 4.12. The summed E-state index contributed by atoms with van der Waals surface area (Å²) in [6, 6.07) is 14.1. The summed E-state index contributed by atoms with van der Waals surface area (Å²) >= 11 is 2.15. The minimum absolute atomic E-state index is 0.00146. The van der Waals surface area contributed by atoms with Crippen LogP contribution in [0.5, 0.6) is 5.75 Å². The molecule has 2 N–H and O–H groups in total. The number of piperidine rings is 1. The summed E-state index contributed by atoms with van der Waals surface area (Å²) < 4.78 is 0.921. The molecule has 1 fully saturated rings. The Hall–Kier alpha value is -2.09. The average molecular weight is 450 g/mol. The molecule has 0 radical (unpaired) electrons. The van der Waals surface area contributed by atoms with Gasteiger partial charge in [0.05, 0.1) is 11.1 Å². The number of phenols is 1. The van der Waals surface area contributed by atoms with Crippen LogP contribution < -0.4 is 5.32 Å². The summed E-state index contributed by atoms with van der Waals surface area (Å²) in [6.45, 7) is 1.12. The van der Waals surface area contributed by atoms with E-state index in [1.807, 2.05) is 24.3 Å². The summed E-state index contributed by atoms with van der Waals surface area (Å²) in [5, 5.41) is 12.9. The number of hydrogen-bond acceptors (Lipinski definition) is 3. The number of likely N-dealkylation sites (tertiary alicyclic amines) is 1. The molecular weight excluding hydrogens is 431 g/mol. The number of hydrogen-bond donors (Lipinski definition) is 2. The Labute approximate surface area is 160 Å². The number of aromatic hydroxyl groups is 1. The largest absolute Gasteiger partial charge is 0.507 e. The lowest BCUT2D eigenvalue weighted by molar-refractivity contribution is 0.0695. The molecule has 25 heavy (non-hydrogen) atoms. The number of nitrogens with one attached hydrogen (secondary N) is 1. The number of para-hydroxylation sites is 1. The topological polar surface area (TPSA) is 69.6 Å². The molecule has 0 atom stereocenters. The smallest absolute Gasteiger partial charge is 0.257 e. The summed E-state index contributed by atoms with van der Waals surface area (Å²) in [4.78, 5) is 26.6. The Morgan fingerprint density at radius 3 is 2.24 bits per heavy atom. The van der Waals surface area contributed by atoms with Gasteiger partial charge in [-0.2, -0.15) is 0 Å². The molecule has 3 rings (SSSR count). The molecule has 2 amide bonds. The average Bonchev–Trinajstić information content (AvgIpc) is 2.62. The van der Waals surface area contributed by atoms with Crippen molar-refractivity contribution >= 4 is 34.4 Å². The Morgan fingerprint density at radius 1 is 1.00 bits per heavy atom. The highest BCUT2D eigenvalue weighted by Crippen LogP contribution is 2.21. The fraction of sp³-hybridized carbons (Fsp3) is 0.263. The first-order valence-electron chi connectivity index (χ1n) is 8.19. The summed E-state index contributed by atoms with van der Waals surface area (Å²) in [5.74, 6) is -0.238. The molecule has 1 heterocycles. The predicted octanol–water partition coefficient (Wildman–Crippen LogP) is 3.03. The van der Waals surface area contributed by atoms with Crippen LogP contribution in [0.1, 0.15) is 33.6 Å². The van der Waals surface area contributed by atoms with Crippen LogP contribution in [0.2, 0.25) is 0 Å². The lowest BCUT2D eigenvalue weighted by Gasteiger charge is -2.32. The molecular formula is C19H19IN2O3. The molecule has 0 unspecified atom stereocenters. The lowest BCUT2D eigenvalue weighted by Crippen LogP contribution is -2.46. The Bertz CT molecular complexity index is 786. The molecule has 1 saturated heterocycles. The van der Waals surface area contributed by atoms with Crippen molar-refractivity contribution in [2.75, 3.05) is 13.1 Å². The van der Waals surface area contributed by atoms with Gasteiger partial charge in [-0.3, -0.25) is 9.59 Å². The van der Waals surface area contributed by atoms with Crippen LogP contribution in [-0.4, -0.2) is 41.0 Å². The molecule has 0 saturated carbocycles. The van der Waals surface area contributed by atoms with Gasteiger partial charge in [0.2, 0.25) is 0 Å². The highest BCUT2D eigenvalue weighted by molar-refractivity contribution is 14.1. The van der Waals surface area contributed by atoms with E-state index < -0.39 is 0 Å². The number of halogens is 1. The maximum Gasteiger partial charge on any atom is 0.257 e. The standard InChI is InChI=1S/C19H19IN2O3/c20-16-7-3-1-5-14(16)18(24)21-13-9-11-22(12-10-13)19(25)15-6-2-4-8-17(15)23/h1-8,13,23H,9-12H2,(H,21,24). The number of phenolic OH excluding ortho intramolecular Hbond substituents is 1. The van der Waals surface area contributed by atoms with Crippen LogP contribution in [0.25, 0.3) is 0 Å². The number of benzene rings is 2. The molecule has 0 spiro atoms. The molecule has 1 aliphatic rings. The van der Waals surface area contributed by atoms with Crippen LogP contribution in [0.15, 0.2) is 48.5 Å². The van der Waals surface area contributed by atoms with Gasteiger partial charge >= 0.3 is 0 Å². The molecule has 6 heteroatoms. The third-order valence-corrected chi connectivity index (χ3v) is 5.31. The molecule has 0 bridgehead atoms. The Balaban J connectivity index is 1.57. The predicted molar refractivity (Wildman–Crippen MR) is 104 cm³/mol. The third-order valence-electron chi connectivity index (χ3n) is 4.37. The van der Waals surface area contributed by atoms with Gasteiger partial charge in [0.25, 0.3) is 11.8 Å². The first-order valence-corrected chi connectivity index (χ1v) is 9.27. The quantitative estimate of drug-likeness (QED) is 0.707. The summed E-state index contributed by atoms with van der Waals surface area (Å²) in [6.07, 6.45) is 1.41. The SMILES string of the molecule is O=C(NC1CCN(C(=O)c2ccccc2O)CC1)c1ccccc1I. The van der Waals surface area contributed by atoms with Gasteiger partial charge in [-0.15, -0.1) is 0 Å². The lowest BCUT2D eigenvalue weighted by atomic mass is 10.0. The summed E-state index contributed by atoms with van der Waals surface area (Å²) in [5.41, 5.74) is 1.000. The number of carbonyl (C=O) groups is 2. The van der Waals surface area contributed by atoms with Gasteiger partial charge in [0, 0.05) is 22.7 Å². The van der Waals surface area contributed by atoms with Crippen molar-refractivity contribution in [2.45, 2.75) is 18.9 Å². The normalized spacial score (nSPS) is 15.0. The van der Waals surface area contributed by atoms with E-state index in [1.54, 1.807) is 23.1 Å². The zero-order valence-electron chi connectivity index (χ0n) is 13.6. The van der Waals surface area contributed by atoms with Gasteiger partial charge in [0.15, 0.2) is 0 Å². The maximum atomic E-state index is 12.5. The van der Waals surface area contributed by atoms with Crippen LogP contribution in [0.3, 0.4) is 0 Å². The number of nitrogens with zero attached hydrogens (tertiary/aromatic N) is 1. The second-order valence-corrected chi connectivity index (χ2v) is 7.20. The first kappa shape index (κ1) is 17.7. The Kier molecular flexibility index (Phi) is 5.57. The zero-order valence-corrected chi connectivity index (χ0v) is 15.8. The number of amides is 2. The van der Waals surface area contributed by atoms with Gasteiger partial charge in [-0.25, -0.2) is 0 Å².